The van der Waals surface area contributed by atoms with E-state index in [0.29, 0.717) is 29.4 Å². The van der Waals surface area contributed by atoms with Crippen molar-refractivity contribution in [3.05, 3.63) is 62.2 Å². The van der Waals surface area contributed by atoms with Crippen LogP contribution in [0.4, 0.5) is 8.78 Å². The summed E-state index contributed by atoms with van der Waals surface area (Å²) < 4.78 is 61.4. The van der Waals surface area contributed by atoms with Gasteiger partial charge >= 0.3 is 11.9 Å². The van der Waals surface area contributed by atoms with Gasteiger partial charge in [-0.25, -0.2) is 31.3 Å². The molecule has 2 fully saturated rings. The maximum Gasteiger partial charge on any atom is 0.338 e. The van der Waals surface area contributed by atoms with Gasteiger partial charge in [0.15, 0.2) is 22.5 Å². The standard InChI is InChI=1S/C28H31ClF2N4O6S2/c1-4-41-25(36)18-21(15-7-10-35(11-8-15)43(39,40)28(3)13-27(2,14-28)26(37)38)33-23(24-32-9-12-42-24)34-22(18)16-5-6-17(30)20(31)19(16)29/h5-6,9,12,15,22H,4,7-8,10-11,13-14H2,1-3H3,(H,33,34)(H,37,38)/t22-,27?,28?/m1/s1. The van der Waals surface area contributed by atoms with Crippen LogP contribution in [0.15, 0.2) is 40.0 Å². The number of sulfonamides is 1. The Morgan fingerprint density at radius 1 is 1.23 bits per heavy atom. The molecule has 1 aromatic heterocycles. The molecule has 2 N–H and O–H groups in total. The third-order valence-electron chi connectivity index (χ3n) is 8.43. The van der Waals surface area contributed by atoms with E-state index in [0.717, 1.165) is 6.07 Å². The number of rotatable bonds is 8. The predicted octanol–water partition coefficient (Wildman–Crippen LogP) is 4.67. The summed E-state index contributed by atoms with van der Waals surface area (Å²) in [7, 11) is -3.82. The minimum absolute atomic E-state index is 0.0155. The van der Waals surface area contributed by atoms with Crippen LogP contribution in [0.2, 0.25) is 5.02 Å². The van der Waals surface area contributed by atoms with E-state index >= 15 is 0 Å². The number of hydrogen-bond donors (Lipinski definition) is 2. The van der Waals surface area contributed by atoms with E-state index in [2.05, 4.69) is 15.3 Å². The molecule has 0 radical (unpaired) electrons. The largest absolute Gasteiger partial charge is 0.481 e. The highest BCUT2D eigenvalue weighted by Crippen LogP contribution is 2.54. The molecule has 0 amide bonds. The summed E-state index contributed by atoms with van der Waals surface area (Å²) in [6.07, 6.45) is 2.25. The second-order valence-corrected chi connectivity index (χ2v) is 15.2. The number of esters is 1. The Morgan fingerprint density at radius 3 is 2.49 bits per heavy atom. The summed E-state index contributed by atoms with van der Waals surface area (Å²) in [4.78, 5) is 34.0. The molecular weight excluding hydrogens is 626 g/mol. The van der Waals surface area contributed by atoms with E-state index in [1.807, 2.05) is 0 Å². The lowest BCUT2D eigenvalue weighted by Crippen LogP contribution is -2.61. The highest BCUT2D eigenvalue weighted by molar-refractivity contribution is 7.90. The number of carbonyl (C=O) groups is 2. The van der Waals surface area contributed by atoms with E-state index < -0.39 is 54.8 Å². The summed E-state index contributed by atoms with van der Waals surface area (Å²) in [5.41, 5.74) is -0.530. The molecule has 1 aromatic carbocycles. The number of amidine groups is 1. The maximum atomic E-state index is 14.6. The Labute approximate surface area is 256 Å². The molecule has 3 heterocycles. The van der Waals surface area contributed by atoms with Crippen molar-refractivity contribution < 1.29 is 36.6 Å². The number of carbonyl (C=O) groups excluding carboxylic acids is 1. The summed E-state index contributed by atoms with van der Waals surface area (Å²) in [6, 6.07) is 1.04. The number of hydrogen-bond acceptors (Lipinski definition) is 9. The number of aliphatic imine (C=N–C) groups is 1. The van der Waals surface area contributed by atoms with Crippen LogP contribution in [-0.2, 0) is 24.3 Å². The van der Waals surface area contributed by atoms with Crippen molar-refractivity contribution in [3.63, 3.8) is 0 Å². The van der Waals surface area contributed by atoms with Gasteiger partial charge in [0.2, 0.25) is 10.0 Å². The van der Waals surface area contributed by atoms with Gasteiger partial charge in [0.05, 0.1) is 27.4 Å². The quantitative estimate of drug-likeness (QED) is 0.309. The van der Waals surface area contributed by atoms with Crippen LogP contribution in [0.25, 0.3) is 0 Å². The second-order valence-electron chi connectivity index (χ2n) is 11.5. The fourth-order valence-electron chi connectivity index (χ4n) is 6.38. The first-order chi connectivity index (χ1) is 20.2. The predicted molar refractivity (Wildman–Crippen MR) is 156 cm³/mol. The highest BCUT2D eigenvalue weighted by atomic mass is 35.5. The number of nitrogens with one attached hydrogen (secondary N) is 1. The lowest BCUT2D eigenvalue weighted by molar-refractivity contribution is -0.154. The number of benzene rings is 1. The normalized spacial score (nSPS) is 26.8. The van der Waals surface area contributed by atoms with Gasteiger partial charge in [0.25, 0.3) is 0 Å². The van der Waals surface area contributed by atoms with Crippen LogP contribution < -0.4 is 5.32 Å². The zero-order valence-corrected chi connectivity index (χ0v) is 26.1. The molecule has 1 atom stereocenters. The van der Waals surface area contributed by atoms with Gasteiger partial charge in [-0.05, 0) is 52.5 Å². The number of halogens is 3. The lowest BCUT2D eigenvalue weighted by Gasteiger charge is -2.51. The molecule has 5 rings (SSSR count). The van der Waals surface area contributed by atoms with Crippen molar-refractivity contribution in [1.29, 1.82) is 0 Å². The van der Waals surface area contributed by atoms with Crippen molar-refractivity contribution in [2.75, 3.05) is 19.7 Å². The molecule has 0 spiro atoms. The van der Waals surface area contributed by atoms with E-state index in [1.165, 1.54) is 21.7 Å². The van der Waals surface area contributed by atoms with Gasteiger partial charge in [-0.15, -0.1) is 11.3 Å². The Kier molecular flexibility index (Phi) is 8.44. The fraction of sp³-hybridized carbons (Fsp3) is 0.500. The molecule has 43 heavy (non-hydrogen) atoms. The number of aromatic nitrogens is 1. The Balaban J connectivity index is 1.50. The van der Waals surface area contributed by atoms with Gasteiger partial charge in [-0.2, -0.15) is 0 Å². The Bertz CT molecular complexity index is 1620. The summed E-state index contributed by atoms with van der Waals surface area (Å²) in [5, 5.41) is 14.4. The number of carboxylic acids is 1. The van der Waals surface area contributed by atoms with Gasteiger partial charge in [0, 0.05) is 41.8 Å². The number of carboxylic acid groups (broad SMARTS) is 1. The van der Waals surface area contributed by atoms with Crippen LogP contribution in [0, 0.1) is 23.0 Å². The maximum absolute atomic E-state index is 14.6. The van der Waals surface area contributed by atoms with Crippen LogP contribution in [0.5, 0.6) is 0 Å². The molecular formula is C28H31ClF2N4O6S2. The molecule has 2 aliphatic heterocycles. The molecule has 3 aliphatic rings. The summed E-state index contributed by atoms with van der Waals surface area (Å²) in [6.45, 7) is 5.08. The molecule has 1 saturated carbocycles. The first kappa shape index (κ1) is 31.5. The van der Waals surface area contributed by atoms with Gasteiger partial charge < -0.3 is 15.2 Å². The average Bonchev–Trinajstić information content (AvgIpc) is 3.50. The fourth-order valence-corrected chi connectivity index (χ4v) is 9.54. The highest BCUT2D eigenvalue weighted by Gasteiger charge is 2.61. The van der Waals surface area contributed by atoms with E-state index in [-0.39, 0.29) is 49.6 Å². The van der Waals surface area contributed by atoms with Crippen molar-refractivity contribution in [1.82, 2.24) is 14.6 Å². The number of thiazole rings is 1. The van der Waals surface area contributed by atoms with Crippen LogP contribution in [-0.4, -0.2) is 65.0 Å². The van der Waals surface area contributed by atoms with Gasteiger partial charge in [-0.3, -0.25) is 9.79 Å². The second kappa shape index (κ2) is 11.5. The third kappa shape index (κ3) is 5.47. The third-order valence-corrected chi connectivity index (χ3v) is 12.2. The van der Waals surface area contributed by atoms with Gasteiger partial charge in [0.1, 0.15) is 6.04 Å². The van der Waals surface area contributed by atoms with Crippen LogP contribution >= 0.6 is 22.9 Å². The molecule has 2 aromatic rings. The van der Waals surface area contributed by atoms with Crippen molar-refractivity contribution >= 4 is 50.7 Å². The lowest BCUT2D eigenvalue weighted by atomic mass is 9.63. The zero-order valence-electron chi connectivity index (χ0n) is 23.7. The molecule has 1 aliphatic carbocycles. The molecule has 0 unspecified atom stereocenters. The van der Waals surface area contributed by atoms with Crippen LogP contribution in [0.3, 0.4) is 0 Å². The first-order valence-corrected chi connectivity index (χ1v) is 16.4. The molecule has 10 nitrogen and oxygen atoms in total. The summed E-state index contributed by atoms with van der Waals surface area (Å²) >= 11 is 7.54. The molecule has 15 heteroatoms. The Morgan fingerprint density at radius 2 is 1.91 bits per heavy atom. The number of aliphatic carboxylic acids is 1. The molecule has 232 valence electrons. The number of piperidine rings is 1. The number of ether oxygens (including phenoxy) is 1. The molecule has 1 saturated heterocycles. The SMILES string of the molecule is CCOC(=O)C1=C(C2CCN(S(=O)(=O)C3(C)CC(C)(C(=O)O)C3)CC2)NC(c2nccs2)=N[C@@H]1c1ccc(F)c(F)c1Cl. The topological polar surface area (TPSA) is 138 Å². The minimum Gasteiger partial charge on any atom is -0.481 e. The Hall–Kier alpha value is -2.94. The molecule has 0 bridgehead atoms. The van der Waals surface area contributed by atoms with Crippen LogP contribution in [0.1, 0.15) is 63.1 Å². The van der Waals surface area contributed by atoms with Crippen molar-refractivity contribution in [3.8, 4) is 0 Å². The van der Waals surface area contributed by atoms with Gasteiger partial charge in [-0.1, -0.05) is 17.7 Å². The van der Waals surface area contributed by atoms with E-state index in [1.54, 1.807) is 32.3 Å². The summed E-state index contributed by atoms with van der Waals surface area (Å²) in [5.74, 6) is -4.21. The first-order valence-electron chi connectivity index (χ1n) is 13.7. The van der Waals surface area contributed by atoms with Crippen molar-refractivity contribution in [2.24, 2.45) is 16.3 Å². The monoisotopic (exact) mass is 656 g/mol. The zero-order chi connectivity index (χ0) is 31.3. The minimum atomic E-state index is -3.82. The van der Waals surface area contributed by atoms with Crippen molar-refractivity contribution in [2.45, 2.75) is 57.2 Å². The average molecular weight is 657 g/mol. The van der Waals surface area contributed by atoms with E-state index in [4.69, 9.17) is 16.3 Å². The van der Waals surface area contributed by atoms with E-state index in [9.17, 15) is 31.9 Å². The number of allylic oxidation sites excluding steroid dienone is 1. The number of nitrogens with zero attached hydrogens (tertiary/aromatic N) is 3. The smallest absolute Gasteiger partial charge is 0.338 e.